The van der Waals surface area contributed by atoms with Crippen LogP contribution >= 0.6 is 31.9 Å². The molecule has 10 rings (SSSR count). The lowest BCUT2D eigenvalue weighted by Crippen LogP contribution is -2.41. The summed E-state index contributed by atoms with van der Waals surface area (Å²) in [6.45, 7) is 8.11. The van der Waals surface area contributed by atoms with E-state index in [9.17, 15) is 4.39 Å². The molecule has 5 heterocycles. The Balaban J connectivity index is 0.000000126. The summed E-state index contributed by atoms with van der Waals surface area (Å²) < 4.78 is 36.6. The van der Waals surface area contributed by atoms with Crippen molar-refractivity contribution < 1.29 is 22.5 Å². The number of nitrogens with zero attached hydrogens (tertiary/aromatic N) is 5. The van der Waals surface area contributed by atoms with Crippen LogP contribution in [0.1, 0.15) is 33.3 Å². The largest absolute Gasteiger partial charge is 0.494 e. The Kier molecular flexibility index (Phi) is 11.6. The molecule has 0 bridgehead atoms. The Morgan fingerprint density at radius 3 is 1.80 bits per heavy atom. The number of halogens is 3. The molecule has 10 N–H and O–H groups in total. The fraction of sp³-hybridized carbons (Fsp3) is 0.146. The smallest absolute Gasteiger partial charge is 0.424 e. The van der Waals surface area contributed by atoms with E-state index in [1.54, 1.807) is 18.2 Å². The minimum Gasteiger partial charge on any atom is -0.424 e. The predicted molar refractivity (Wildman–Crippen MR) is 239 cm³/mol. The number of aromatic amines is 2. The number of nitrogens with two attached hydrogens (primary N) is 4. The number of benzene rings is 5. The molecule has 0 amide bonds. The van der Waals surface area contributed by atoms with Crippen molar-refractivity contribution in [1.29, 1.82) is 5.26 Å². The Hall–Kier alpha value is -6.46. The Bertz CT molecular complexity index is 3010. The first-order valence-electron chi connectivity index (χ1n) is 18.2. The number of nitrogen functional groups attached to an aromatic ring is 4. The second-order valence-electron chi connectivity index (χ2n) is 14.4. The van der Waals surface area contributed by atoms with Gasteiger partial charge in [0.05, 0.1) is 33.0 Å². The summed E-state index contributed by atoms with van der Waals surface area (Å²) in [6.07, 6.45) is 0. The Labute approximate surface area is 359 Å². The summed E-state index contributed by atoms with van der Waals surface area (Å²) in [5, 5.41) is 23.9. The minimum atomic E-state index is -0.489. The third-order valence-corrected chi connectivity index (χ3v) is 11.2. The highest BCUT2D eigenvalue weighted by molar-refractivity contribution is 9.11. The fourth-order valence-electron chi connectivity index (χ4n) is 6.20. The zero-order chi connectivity index (χ0) is 42.9. The standard InChI is InChI=1S/C14H11N5O.C13H17BN2O3.C7H3BrFN.C7H6BrN3/c15-13-12-8(2-1-3-9(12)18-19-13)7-4-5-11-10(6-7)17-14(16)20-11;1-12(2)13(3,4)19-14(18-12)8-5-6-10-9(7-8)16-11(15)17-10;8-6-2-1-3-7(9)5(6)4-10;8-4-2-1-3-5-6(4)7(9)11-10-5/h1-6H,(H2,16,17)(H3,15,18,19);5-7H,1-4H3,(H2,15,16);1-3H;1-3H,(H3,9,10,11). The van der Waals surface area contributed by atoms with E-state index in [0.717, 1.165) is 48.4 Å². The van der Waals surface area contributed by atoms with Gasteiger partial charge in [0.1, 0.15) is 28.5 Å². The molecule has 0 atom stereocenters. The number of anilines is 4. The number of nitrogens with one attached hydrogen (secondary N) is 2. The molecule has 0 saturated carbocycles. The highest BCUT2D eigenvalue weighted by Crippen LogP contribution is 2.37. The van der Waals surface area contributed by atoms with Crippen molar-refractivity contribution in [2.75, 3.05) is 22.9 Å². The van der Waals surface area contributed by atoms with Crippen molar-refractivity contribution in [3.05, 3.63) is 111 Å². The van der Waals surface area contributed by atoms with Crippen molar-refractivity contribution in [2.24, 2.45) is 0 Å². The van der Waals surface area contributed by atoms with Gasteiger partial charge in [-0.2, -0.15) is 25.4 Å². The van der Waals surface area contributed by atoms with Crippen LogP contribution in [0, 0.1) is 17.1 Å². The van der Waals surface area contributed by atoms with Crippen LogP contribution in [0.25, 0.3) is 55.1 Å². The third kappa shape index (κ3) is 8.49. The van der Waals surface area contributed by atoms with Crippen molar-refractivity contribution in [3.8, 4) is 17.2 Å². The van der Waals surface area contributed by atoms with Gasteiger partial charge in [0.2, 0.25) is 0 Å². The van der Waals surface area contributed by atoms with Crippen molar-refractivity contribution >= 4 is 112 Å². The Morgan fingerprint density at radius 2 is 1.22 bits per heavy atom. The summed E-state index contributed by atoms with van der Waals surface area (Å²) in [5.41, 5.74) is 29.5. The average molecular weight is 937 g/mol. The van der Waals surface area contributed by atoms with Gasteiger partial charge in [-0.3, -0.25) is 10.2 Å². The van der Waals surface area contributed by atoms with Gasteiger partial charge in [0.15, 0.2) is 22.8 Å². The molecular weight excluding hydrogens is 900 g/mol. The van der Waals surface area contributed by atoms with E-state index in [1.807, 2.05) is 100 Å². The highest BCUT2D eigenvalue weighted by atomic mass is 79.9. The van der Waals surface area contributed by atoms with E-state index in [4.69, 9.17) is 46.3 Å². The first-order chi connectivity index (χ1) is 28.5. The molecule has 19 heteroatoms. The summed E-state index contributed by atoms with van der Waals surface area (Å²) in [5.74, 6) is 0.528. The molecule has 60 heavy (non-hydrogen) atoms. The van der Waals surface area contributed by atoms with Crippen LogP contribution in [0.4, 0.5) is 28.1 Å². The second kappa shape index (κ2) is 16.7. The maximum atomic E-state index is 12.6. The summed E-state index contributed by atoms with van der Waals surface area (Å²) in [7, 11) is -0.396. The van der Waals surface area contributed by atoms with E-state index in [1.165, 1.54) is 6.07 Å². The van der Waals surface area contributed by atoms with Crippen LogP contribution < -0.4 is 28.4 Å². The number of fused-ring (bicyclic) bond motifs is 4. The number of hydrogen-bond acceptors (Lipinski definition) is 13. The first kappa shape index (κ1) is 41.7. The molecule has 1 aliphatic heterocycles. The molecule has 0 radical (unpaired) electrons. The van der Waals surface area contributed by atoms with Crippen molar-refractivity contribution in [2.45, 2.75) is 38.9 Å². The van der Waals surface area contributed by atoms with E-state index >= 15 is 0 Å². The zero-order valence-electron chi connectivity index (χ0n) is 32.5. The normalized spacial score (nSPS) is 13.9. The average Bonchev–Trinajstić information content (AvgIpc) is 4.01. The number of rotatable bonds is 2. The van der Waals surface area contributed by atoms with Gasteiger partial charge in [0, 0.05) is 8.95 Å². The molecule has 15 nitrogen and oxygen atoms in total. The monoisotopic (exact) mass is 935 g/mol. The summed E-state index contributed by atoms with van der Waals surface area (Å²) >= 11 is 6.43. The quantitative estimate of drug-likeness (QED) is 0.0889. The van der Waals surface area contributed by atoms with Crippen LogP contribution in [-0.2, 0) is 9.31 Å². The fourth-order valence-corrected chi connectivity index (χ4v) is 7.20. The van der Waals surface area contributed by atoms with Crippen LogP contribution in [0.15, 0.2) is 109 Å². The molecule has 1 fully saturated rings. The summed E-state index contributed by atoms with van der Waals surface area (Å²) in [6, 6.07) is 29.6. The molecule has 1 aliphatic rings. The van der Waals surface area contributed by atoms with Crippen LogP contribution in [0.5, 0.6) is 0 Å². The lowest BCUT2D eigenvalue weighted by Gasteiger charge is -2.32. The SMILES string of the molecule is CC1(C)OB(c2ccc3oc(N)nc3c2)OC1(C)C.N#Cc1c(F)cccc1Br.Nc1n[nH]c2cccc(Br)c12.Nc1nc2cc(-c3cccc4[nH]nc(N)c34)ccc2o1. The zero-order valence-corrected chi connectivity index (χ0v) is 35.7. The molecule has 9 aromatic rings. The molecule has 0 aliphatic carbocycles. The van der Waals surface area contributed by atoms with Gasteiger partial charge >= 0.3 is 7.12 Å². The van der Waals surface area contributed by atoms with Gasteiger partial charge in [0.25, 0.3) is 12.0 Å². The van der Waals surface area contributed by atoms with Crippen LogP contribution in [0.2, 0.25) is 0 Å². The van der Waals surface area contributed by atoms with Crippen molar-refractivity contribution in [1.82, 2.24) is 30.4 Å². The second-order valence-corrected chi connectivity index (χ2v) is 16.1. The van der Waals surface area contributed by atoms with Crippen molar-refractivity contribution in [3.63, 3.8) is 0 Å². The van der Waals surface area contributed by atoms with E-state index in [-0.39, 0.29) is 28.8 Å². The maximum Gasteiger partial charge on any atom is 0.494 e. The van der Waals surface area contributed by atoms with E-state index in [2.05, 4.69) is 62.2 Å². The van der Waals surface area contributed by atoms with Crippen LogP contribution in [0.3, 0.4) is 0 Å². The Morgan fingerprint density at radius 1 is 0.683 bits per heavy atom. The highest BCUT2D eigenvalue weighted by Gasteiger charge is 2.51. The predicted octanol–water partition coefficient (Wildman–Crippen LogP) is 8.61. The maximum absolute atomic E-state index is 12.6. The number of aromatic nitrogens is 6. The third-order valence-electron chi connectivity index (χ3n) is 9.93. The van der Waals surface area contributed by atoms with Gasteiger partial charge in [-0.25, -0.2) is 4.39 Å². The molecule has 1 saturated heterocycles. The minimum absolute atomic E-state index is 0.0579. The molecular formula is C41H37BBr2FN11O4. The number of oxazole rings is 2. The molecule has 4 aromatic heterocycles. The van der Waals surface area contributed by atoms with E-state index in [0.29, 0.717) is 32.8 Å². The first-order valence-corrected chi connectivity index (χ1v) is 19.8. The van der Waals surface area contributed by atoms with Crippen LogP contribution in [-0.4, -0.2) is 48.7 Å². The molecule has 5 aromatic carbocycles. The topological polar surface area (TPSA) is 256 Å². The lowest BCUT2D eigenvalue weighted by atomic mass is 9.79. The molecule has 0 spiro atoms. The number of nitriles is 1. The number of hydrogen-bond donors (Lipinski definition) is 6. The lowest BCUT2D eigenvalue weighted by molar-refractivity contribution is 0.00578. The summed E-state index contributed by atoms with van der Waals surface area (Å²) in [4.78, 5) is 8.26. The van der Waals surface area contributed by atoms with E-state index < -0.39 is 12.9 Å². The number of H-pyrrole nitrogens is 2. The van der Waals surface area contributed by atoms with Gasteiger partial charge < -0.3 is 41.1 Å². The molecule has 0 unspecified atom stereocenters. The van der Waals surface area contributed by atoms with Gasteiger partial charge in [-0.1, -0.05) is 36.4 Å². The van der Waals surface area contributed by atoms with Gasteiger partial charge in [-0.15, -0.1) is 0 Å². The van der Waals surface area contributed by atoms with Gasteiger partial charge in [-0.05, 0) is 131 Å². The molecule has 304 valence electrons.